The molecule has 0 aliphatic rings. The van der Waals surface area contributed by atoms with Crippen LogP contribution in [0.3, 0.4) is 0 Å². The highest BCUT2D eigenvalue weighted by Crippen LogP contribution is 2.26. The SMILES string of the molecule is CC[C@H](C)NC(=O)[C@H](C)N(Cc1cccc(OC)c1)C(=O)Cc1c(Cl)cccc1Cl. The quantitative estimate of drug-likeness (QED) is 0.592. The van der Waals surface area contributed by atoms with Gasteiger partial charge in [0.1, 0.15) is 11.8 Å². The Hall–Kier alpha value is -2.24. The molecule has 0 saturated heterocycles. The van der Waals surface area contributed by atoms with Crippen molar-refractivity contribution < 1.29 is 14.3 Å². The maximum absolute atomic E-state index is 13.3. The molecule has 0 radical (unpaired) electrons. The van der Waals surface area contributed by atoms with E-state index in [-0.39, 0.29) is 30.8 Å². The van der Waals surface area contributed by atoms with Crippen molar-refractivity contribution >= 4 is 35.0 Å². The van der Waals surface area contributed by atoms with Crippen LogP contribution in [0.5, 0.6) is 5.75 Å². The van der Waals surface area contributed by atoms with Crippen LogP contribution in [0.1, 0.15) is 38.3 Å². The topological polar surface area (TPSA) is 58.6 Å². The van der Waals surface area contributed by atoms with E-state index in [4.69, 9.17) is 27.9 Å². The summed E-state index contributed by atoms with van der Waals surface area (Å²) in [7, 11) is 1.59. The number of carbonyl (C=O) groups excluding carboxylic acids is 2. The van der Waals surface area contributed by atoms with Gasteiger partial charge >= 0.3 is 0 Å². The molecular weight excluding hydrogens is 423 g/mol. The van der Waals surface area contributed by atoms with Crippen LogP contribution in [0.2, 0.25) is 10.0 Å². The minimum atomic E-state index is -0.668. The third-order valence-electron chi connectivity index (χ3n) is 5.05. The zero-order valence-electron chi connectivity index (χ0n) is 17.7. The summed E-state index contributed by atoms with van der Waals surface area (Å²) in [5, 5.41) is 3.80. The van der Waals surface area contributed by atoms with E-state index in [2.05, 4.69) is 5.32 Å². The third kappa shape index (κ3) is 6.38. The van der Waals surface area contributed by atoms with Gasteiger partial charge in [0.25, 0.3) is 0 Å². The Kier molecular flexibility index (Phi) is 9.00. The van der Waals surface area contributed by atoms with Gasteiger partial charge in [0, 0.05) is 22.6 Å². The van der Waals surface area contributed by atoms with E-state index < -0.39 is 6.04 Å². The number of carbonyl (C=O) groups is 2. The van der Waals surface area contributed by atoms with Crippen LogP contribution < -0.4 is 10.1 Å². The third-order valence-corrected chi connectivity index (χ3v) is 5.75. The van der Waals surface area contributed by atoms with Crippen molar-refractivity contribution in [1.29, 1.82) is 0 Å². The van der Waals surface area contributed by atoms with Crippen LogP contribution in [-0.2, 0) is 22.6 Å². The smallest absolute Gasteiger partial charge is 0.242 e. The highest BCUT2D eigenvalue weighted by molar-refractivity contribution is 6.36. The largest absolute Gasteiger partial charge is 0.497 e. The maximum Gasteiger partial charge on any atom is 0.242 e. The van der Waals surface area contributed by atoms with E-state index in [0.717, 1.165) is 12.0 Å². The van der Waals surface area contributed by atoms with Crippen LogP contribution in [0.4, 0.5) is 0 Å². The molecule has 0 aliphatic heterocycles. The second-order valence-corrected chi connectivity index (χ2v) is 8.06. The molecule has 2 aromatic rings. The lowest BCUT2D eigenvalue weighted by molar-refractivity contribution is -0.140. The lowest BCUT2D eigenvalue weighted by atomic mass is 10.1. The van der Waals surface area contributed by atoms with E-state index >= 15 is 0 Å². The molecule has 0 spiro atoms. The van der Waals surface area contributed by atoms with Crippen molar-refractivity contribution in [1.82, 2.24) is 10.2 Å². The molecule has 162 valence electrons. The van der Waals surface area contributed by atoms with Crippen molar-refractivity contribution in [2.75, 3.05) is 7.11 Å². The first-order valence-corrected chi connectivity index (χ1v) is 10.7. The van der Waals surface area contributed by atoms with Crippen molar-refractivity contribution in [2.45, 2.75) is 52.2 Å². The first-order chi connectivity index (χ1) is 14.3. The van der Waals surface area contributed by atoms with E-state index in [9.17, 15) is 9.59 Å². The Morgan fingerprint density at radius 1 is 1.10 bits per heavy atom. The van der Waals surface area contributed by atoms with E-state index in [1.54, 1.807) is 37.1 Å². The minimum Gasteiger partial charge on any atom is -0.497 e. The van der Waals surface area contributed by atoms with Crippen LogP contribution in [-0.4, -0.2) is 35.9 Å². The van der Waals surface area contributed by atoms with Gasteiger partial charge in [-0.25, -0.2) is 0 Å². The molecule has 1 N–H and O–H groups in total. The van der Waals surface area contributed by atoms with Gasteiger partial charge in [0.05, 0.1) is 13.5 Å². The highest BCUT2D eigenvalue weighted by Gasteiger charge is 2.27. The Morgan fingerprint density at radius 3 is 2.33 bits per heavy atom. The van der Waals surface area contributed by atoms with Gasteiger partial charge in [0.2, 0.25) is 11.8 Å². The van der Waals surface area contributed by atoms with Crippen molar-refractivity contribution in [3.63, 3.8) is 0 Å². The van der Waals surface area contributed by atoms with Gasteiger partial charge in [-0.2, -0.15) is 0 Å². The van der Waals surface area contributed by atoms with Gasteiger partial charge in [0.15, 0.2) is 0 Å². The molecular formula is C23H28Cl2N2O3. The molecule has 0 saturated carbocycles. The Balaban J connectivity index is 2.31. The summed E-state index contributed by atoms with van der Waals surface area (Å²) < 4.78 is 5.28. The second kappa shape index (κ2) is 11.2. The summed E-state index contributed by atoms with van der Waals surface area (Å²) in [6.07, 6.45) is 0.806. The van der Waals surface area contributed by atoms with Crippen LogP contribution in [0.25, 0.3) is 0 Å². The van der Waals surface area contributed by atoms with Gasteiger partial charge in [-0.15, -0.1) is 0 Å². The number of amides is 2. The van der Waals surface area contributed by atoms with E-state index in [1.807, 2.05) is 38.1 Å². The summed E-state index contributed by atoms with van der Waals surface area (Å²) in [4.78, 5) is 27.6. The summed E-state index contributed by atoms with van der Waals surface area (Å²) in [5.74, 6) is 0.247. The molecule has 5 nitrogen and oxygen atoms in total. The molecule has 7 heteroatoms. The van der Waals surface area contributed by atoms with Crippen LogP contribution in [0.15, 0.2) is 42.5 Å². The van der Waals surface area contributed by atoms with Crippen molar-refractivity contribution in [2.24, 2.45) is 0 Å². The Morgan fingerprint density at radius 2 is 1.73 bits per heavy atom. The van der Waals surface area contributed by atoms with Gasteiger partial charge < -0.3 is 15.0 Å². The molecule has 0 bridgehead atoms. The zero-order valence-corrected chi connectivity index (χ0v) is 19.3. The molecule has 2 amide bonds. The lowest BCUT2D eigenvalue weighted by Crippen LogP contribution is -2.49. The fourth-order valence-electron chi connectivity index (χ4n) is 2.97. The molecule has 0 unspecified atom stereocenters. The number of rotatable bonds is 9. The summed E-state index contributed by atoms with van der Waals surface area (Å²) in [6, 6.07) is 11.9. The number of nitrogens with zero attached hydrogens (tertiary/aromatic N) is 1. The zero-order chi connectivity index (χ0) is 22.3. The molecule has 30 heavy (non-hydrogen) atoms. The number of methoxy groups -OCH3 is 1. The van der Waals surface area contributed by atoms with Crippen molar-refractivity contribution in [3.05, 3.63) is 63.6 Å². The number of ether oxygens (including phenoxy) is 1. The van der Waals surface area contributed by atoms with E-state index in [0.29, 0.717) is 21.4 Å². The first-order valence-electron chi connectivity index (χ1n) is 9.92. The fourth-order valence-corrected chi connectivity index (χ4v) is 3.50. The Labute approximate surface area is 188 Å². The van der Waals surface area contributed by atoms with E-state index in [1.165, 1.54) is 0 Å². The summed E-state index contributed by atoms with van der Waals surface area (Å²) in [5.41, 5.74) is 1.41. The monoisotopic (exact) mass is 450 g/mol. The number of benzene rings is 2. The Bertz CT molecular complexity index is 868. The van der Waals surface area contributed by atoms with Crippen LogP contribution in [0, 0.1) is 0 Å². The number of halogens is 2. The maximum atomic E-state index is 13.3. The summed E-state index contributed by atoms with van der Waals surface area (Å²) >= 11 is 12.5. The average Bonchev–Trinajstić information content (AvgIpc) is 2.74. The van der Waals surface area contributed by atoms with Crippen molar-refractivity contribution in [3.8, 4) is 5.75 Å². The van der Waals surface area contributed by atoms with Crippen LogP contribution >= 0.6 is 23.2 Å². The molecule has 0 aliphatic carbocycles. The molecule has 2 rings (SSSR count). The minimum absolute atomic E-state index is 0.00340. The normalized spacial score (nSPS) is 12.7. The number of nitrogens with one attached hydrogen (secondary N) is 1. The predicted molar refractivity (Wildman–Crippen MR) is 121 cm³/mol. The fraction of sp³-hybridized carbons (Fsp3) is 0.391. The van der Waals surface area contributed by atoms with Gasteiger partial charge in [-0.3, -0.25) is 9.59 Å². The standard InChI is InChI=1S/C23H28Cl2N2O3/c1-5-15(2)26-23(29)16(3)27(14-17-8-6-9-18(12-17)30-4)22(28)13-19-20(24)10-7-11-21(19)25/h6-12,15-16H,5,13-14H2,1-4H3,(H,26,29)/t15-,16-/m0/s1. The average molecular weight is 451 g/mol. The first kappa shape index (κ1) is 24.0. The van der Waals surface area contributed by atoms with Gasteiger partial charge in [-0.05, 0) is 55.7 Å². The summed E-state index contributed by atoms with van der Waals surface area (Å²) in [6.45, 7) is 5.91. The lowest BCUT2D eigenvalue weighted by Gasteiger charge is -2.30. The molecule has 0 fully saturated rings. The van der Waals surface area contributed by atoms with Gasteiger partial charge in [-0.1, -0.05) is 48.3 Å². The number of hydrogen-bond donors (Lipinski definition) is 1. The molecule has 0 aromatic heterocycles. The highest BCUT2D eigenvalue weighted by atomic mass is 35.5. The number of hydrogen-bond acceptors (Lipinski definition) is 3. The molecule has 2 atom stereocenters. The predicted octanol–water partition coefficient (Wildman–Crippen LogP) is 4.88. The molecule has 0 heterocycles. The second-order valence-electron chi connectivity index (χ2n) is 7.24. The molecule has 2 aromatic carbocycles.